The lowest BCUT2D eigenvalue weighted by molar-refractivity contribution is -0.121. The molecule has 0 radical (unpaired) electrons. The number of amides is 1. The van der Waals surface area contributed by atoms with Crippen LogP contribution in [0.5, 0.6) is 0 Å². The second-order valence-electron chi connectivity index (χ2n) is 6.84. The summed E-state index contributed by atoms with van der Waals surface area (Å²) in [6.45, 7) is 2.75. The molecule has 28 heavy (non-hydrogen) atoms. The Hall–Kier alpha value is -3.26. The summed E-state index contributed by atoms with van der Waals surface area (Å²) in [6, 6.07) is 11.8. The van der Waals surface area contributed by atoms with Gasteiger partial charge in [0.1, 0.15) is 11.9 Å². The van der Waals surface area contributed by atoms with E-state index in [2.05, 4.69) is 22.4 Å². The first-order valence-electron chi connectivity index (χ1n) is 8.89. The zero-order valence-corrected chi connectivity index (χ0v) is 15.2. The van der Waals surface area contributed by atoms with E-state index in [1.165, 1.54) is 0 Å². The number of aromatic nitrogens is 2. The molecule has 4 rings (SSSR count). The Labute approximate surface area is 160 Å². The highest BCUT2D eigenvalue weighted by atomic mass is 19.1. The van der Waals surface area contributed by atoms with Crippen molar-refractivity contribution in [3.63, 3.8) is 0 Å². The molecule has 1 aromatic carbocycles. The number of rotatable bonds is 5. The van der Waals surface area contributed by atoms with E-state index in [0.717, 1.165) is 5.56 Å². The van der Waals surface area contributed by atoms with Gasteiger partial charge in [0.15, 0.2) is 11.6 Å². The number of carbonyl (C=O) groups excluding carboxylic acids is 1. The van der Waals surface area contributed by atoms with Crippen molar-refractivity contribution in [3.8, 4) is 11.1 Å². The Balaban J connectivity index is 1.38. The molecule has 3 heterocycles. The lowest BCUT2D eigenvalue weighted by Crippen LogP contribution is -2.29. The van der Waals surface area contributed by atoms with Crippen LogP contribution in [0.1, 0.15) is 24.4 Å². The third kappa shape index (κ3) is 3.72. The van der Waals surface area contributed by atoms with Gasteiger partial charge in [-0.25, -0.2) is 4.98 Å². The fraction of sp³-hybridized carbons (Fsp3) is 0.250. The molecule has 2 unspecified atom stereocenters. The number of pyridine rings is 1. The van der Waals surface area contributed by atoms with Gasteiger partial charge in [0.05, 0.1) is 13.0 Å². The molecule has 1 aliphatic heterocycles. The van der Waals surface area contributed by atoms with E-state index in [-0.39, 0.29) is 24.2 Å². The molecule has 144 valence electrons. The predicted molar refractivity (Wildman–Crippen MR) is 101 cm³/mol. The summed E-state index contributed by atoms with van der Waals surface area (Å²) < 4.78 is 24.6. The number of anilines is 2. The normalized spacial score (nSPS) is 18.5. The Morgan fingerprint density at radius 2 is 2.07 bits per heavy atom. The molecule has 1 fully saturated rings. The van der Waals surface area contributed by atoms with E-state index < -0.39 is 5.95 Å². The van der Waals surface area contributed by atoms with Gasteiger partial charge < -0.3 is 20.3 Å². The maximum absolute atomic E-state index is 13.9. The van der Waals surface area contributed by atoms with Crippen LogP contribution < -0.4 is 11.1 Å². The first-order chi connectivity index (χ1) is 13.5. The molecule has 1 amide bonds. The number of nitrogens with zero attached hydrogens (tertiary/aromatic N) is 2. The van der Waals surface area contributed by atoms with E-state index in [1.54, 1.807) is 42.5 Å². The summed E-state index contributed by atoms with van der Waals surface area (Å²) in [5.74, 6) is 0.611. The molecule has 1 aliphatic rings. The van der Waals surface area contributed by atoms with Crippen molar-refractivity contribution < 1.29 is 18.4 Å². The number of nitrogens with two attached hydrogens (primary N) is 1. The summed E-state index contributed by atoms with van der Waals surface area (Å²) in [5.41, 5.74) is 7.26. The van der Waals surface area contributed by atoms with Gasteiger partial charge >= 0.3 is 0 Å². The van der Waals surface area contributed by atoms with Crippen LogP contribution in [0.4, 0.5) is 16.0 Å². The highest BCUT2D eigenvalue weighted by molar-refractivity contribution is 5.91. The van der Waals surface area contributed by atoms with Gasteiger partial charge in [0, 0.05) is 17.5 Å². The van der Waals surface area contributed by atoms with Crippen molar-refractivity contribution in [3.05, 3.63) is 59.7 Å². The zero-order valence-electron chi connectivity index (χ0n) is 15.2. The smallest absolute Gasteiger partial charge is 0.230 e. The molecule has 0 bridgehead atoms. The first-order valence-corrected chi connectivity index (χ1v) is 8.89. The molecule has 2 atom stereocenters. The quantitative estimate of drug-likeness (QED) is 0.656. The van der Waals surface area contributed by atoms with E-state index >= 15 is 0 Å². The van der Waals surface area contributed by atoms with Crippen molar-refractivity contribution in [1.82, 2.24) is 10.1 Å². The number of halogens is 1. The second-order valence-corrected chi connectivity index (χ2v) is 6.84. The molecular weight excluding hydrogens is 363 g/mol. The number of nitrogens with one attached hydrogen (secondary N) is 1. The van der Waals surface area contributed by atoms with Crippen molar-refractivity contribution >= 4 is 17.5 Å². The minimum atomic E-state index is -0.628. The monoisotopic (exact) mass is 382 g/mol. The maximum atomic E-state index is 13.9. The number of benzene rings is 1. The van der Waals surface area contributed by atoms with Gasteiger partial charge in [-0.2, -0.15) is 4.39 Å². The van der Waals surface area contributed by atoms with Gasteiger partial charge in [-0.1, -0.05) is 36.3 Å². The standard InChI is InChI=1S/C20H19FN4O3/c1-11-10-27-19(11)15-9-17(25-28-15)24-18(26)8-12-2-4-13(5-3-12)14-6-7-16(22)23-20(14)21/h2-7,9,11,19H,8,10H2,1H3,(H2,22,23)(H,24,25,26). The SMILES string of the molecule is CC1COC1c1cc(NC(=O)Cc2ccc(-c3ccc(N)nc3F)cc2)no1. The Kier molecular flexibility index (Phi) is 4.79. The highest BCUT2D eigenvalue weighted by Crippen LogP contribution is 2.35. The minimum absolute atomic E-state index is 0.103. The maximum Gasteiger partial charge on any atom is 0.230 e. The molecule has 8 heteroatoms. The molecule has 3 N–H and O–H groups in total. The van der Waals surface area contributed by atoms with Crippen LogP contribution in [-0.2, 0) is 16.0 Å². The minimum Gasteiger partial charge on any atom is -0.384 e. The van der Waals surface area contributed by atoms with Gasteiger partial charge in [0.25, 0.3) is 0 Å². The van der Waals surface area contributed by atoms with Gasteiger partial charge in [-0.15, -0.1) is 0 Å². The van der Waals surface area contributed by atoms with Gasteiger partial charge in [0.2, 0.25) is 11.9 Å². The van der Waals surface area contributed by atoms with Crippen molar-refractivity contribution in [2.75, 3.05) is 17.7 Å². The Bertz CT molecular complexity index is 1000. The summed E-state index contributed by atoms with van der Waals surface area (Å²) in [6.07, 6.45) is 0.0512. The second kappa shape index (κ2) is 7.40. The van der Waals surface area contributed by atoms with Crippen LogP contribution in [0, 0.1) is 11.9 Å². The van der Waals surface area contributed by atoms with Crippen LogP contribution in [0.15, 0.2) is 47.0 Å². The molecular formula is C20H19FN4O3. The summed E-state index contributed by atoms with van der Waals surface area (Å²) in [4.78, 5) is 15.9. The molecule has 1 saturated heterocycles. The lowest BCUT2D eigenvalue weighted by atomic mass is 9.98. The Morgan fingerprint density at radius 1 is 1.29 bits per heavy atom. The van der Waals surface area contributed by atoms with Crippen molar-refractivity contribution in [1.29, 1.82) is 0 Å². The largest absolute Gasteiger partial charge is 0.384 e. The van der Waals surface area contributed by atoms with Gasteiger partial charge in [-0.3, -0.25) is 4.79 Å². The van der Waals surface area contributed by atoms with Crippen LogP contribution in [-0.4, -0.2) is 22.7 Å². The summed E-state index contributed by atoms with van der Waals surface area (Å²) in [5, 5.41) is 6.57. The van der Waals surface area contributed by atoms with Crippen molar-refractivity contribution in [2.45, 2.75) is 19.4 Å². The number of nitrogen functional groups attached to an aromatic ring is 1. The van der Waals surface area contributed by atoms with E-state index in [9.17, 15) is 9.18 Å². The number of ether oxygens (including phenoxy) is 1. The number of hydrogen-bond donors (Lipinski definition) is 2. The molecule has 0 saturated carbocycles. The highest BCUT2D eigenvalue weighted by Gasteiger charge is 2.33. The van der Waals surface area contributed by atoms with Crippen LogP contribution in [0.25, 0.3) is 11.1 Å². The van der Waals surface area contributed by atoms with E-state index in [1.807, 2.05) is 0 Å². The Morgan fingerprint density at radius 3 is 2.71 bits per heavy atom. The lowest BCUT2D eigenvalue weighted by Gasteiger charge is -2.31. The summed E-state index contributed by atoms with van der Waals surface area (Å²) in [7, 11) is 0. The fourth-order valence-corrected chi connectivity index (χ4v) is 3.07. The summed E-state index contributed by atoms with van der Waals surface area (Å²) >= 11 is 0. The van der Waals surface area contributed by atoms with Gasteiger partial charge in [-0.05, 0) is 23.3 Å². The predicted octanol–water partition coefficient (Wildman–Crippen LogP) is 3.35. The van der Waals surface area contributed by atoms with Crippen LogP contribution in [0.2, 0.25) is 0 Å². The van der Waals surface area contributed by atoms with Crippen molar-refractivity contribution in [2.24, 2.45) is 5.92 Å². The first kappa shape index (κ1) is 18.1. The average molecular weight is 382 g/mol. The van der Waals surface area contributed by atoms with Crippen LogP contribution >= 0.6 is 0 Å². The molecule has 0 spiro atoms. The average Bonchev–Trinajstić information content (AvgIpc) is 3.08. The van der Waals surface area contributed by atoms with E-state index in [4.69, 9.17) is 15.0 Å². The molecule has 2 aromatic heterocycles. The number of hydrogen-bond acceptors (Lipinski definition) is 6. The molecule has 0 aliphatic carbocycles. The number of carbonyl (C=O) groups is 1. The molecule has 3 aromatic rings. The third-order valence-corrected chi connectivity index (χ3v) is 4.63. The topological polar surface area (TPSA) is 103 Å². The van der Waals surface area contributed by atoms with Crippen LogP contribution in [0.3, 0.4) is 0 Å². The zero-order chi connectivity index (χ0) is 19.7. The van der Waals surface area contributed by atoms with E-state index in [0.29, 0.717) is 35.2 Å². The fourth-order valence-electron chi connectivity index (χ4n) is 3.07. The third-order valence-electron chi connectivity index (χ3n) is 4.63. The molecule has 7 nitrogen and oxygen atoms in total.